The van der Waals surface area contributed by atoms with E-state index in [0.717, 1.165) is 5.56 Å². The molecule has 1 aromatic heterocycles. The number of aromatic nitrogens is 1. The lowest BCUT2D eigenvalue weighted by Gasteiger charge is -2.30. The Morgan fingerprint density at radius 1 is 1.48 bits per heavy atom. The van der Waals surface area contributed by atoms with Crippen molar-refractivity contribution in [2.75, 3.05) is 25.0 Å². The summed E-state index contributed by atoms with van der Waals surface area (Å²) in [6.45, 7) is 4.93. The summed E-state index contributed by atoms with van der Waals surface area (Å²) in [6, 6.07) is 5.61. The van der Waals surface area contributed by atoms with Gasteiger partial charge in [0.2, 0.25) is 0 Å². The number of hydrogen-bond donors (Lipinski definition) is 1. The van der Waals surface area contributed by atoms with Gasteiger partial charge in [-0.3, -0.25) is 9.59 Å². The summed E-state index contributed by atoms with van der Waals surface area (Å²) < 4.78 is 5.02. The van der Waals surface area contributed by atoms with Crippen molar-refractivity contribution in [3.05, 3.63) is 35.7 Å². The molecular formula is C18H22N4O3. The molecule has 25 heavy (non-hydrogen) atoms. The van der Waals surface area contributed by atoms with Crippen LogP contribution >= 0.6 is 0 Å². The van der Waals surface area contributed by atoms with E-state index in [0.29, 0.717) is 38.4 Å². The number of ether oxygens (including phenoxy) is 1. The number of hydrogen-bond acceptors (Lipinski definition) is 6. The second-order valence-electron chi connectivity index (χ2n) is 5.85. The fraction of sp³-hybridized carbons (Fsp3) is 0.444. The molecule has 7 heteroatoms. The van der Waals surface area contributed by atoms with Crippen molar-refractivity contribution >= 4 is 17.7 Å². The van der Waals surface area contributed by atoms with Gasteiger partial charge in [0, 0.05) is 25.5 Å². The number of nitrogens with zero attached hydrogens (tertiary/aromatic N) is 3. The van der Waals surface area contributed by atoms with E-state index >= 15 is 0 Å². The highest BCUT2D eigenvalue weighted by molar-refractivity contribution is 5.97. The predicted molar refractivity (Wildman–Crippen MR) is 92.2 cm³/mol. The van der Waals surface area contributed by atoms with E-state index in [1.54, 1.807) is 18.0 Å². The Kier molecular flexibility index (Phi) is 6.52. The Hall–Kier alpha value is -2.88. The van der Waals surface area contributed by atoms with Gasteiger partial charge >= 0.3 is 5.97 Å². The first kappa shape index (κ1) is 18.5. The van der Waals surface area contributed by atoms with E-state index in [9.17, 15) is 14.9 Å². The van der Waals surface area contributed by atoms with E-state index < -0.39 is 0 Å². The summed E-state index contributed by atoms with van der Waals surface area (Å²) in [7, 11) is 0. The summed E-state index contributed by atoms with van der Waals surface area (Å²) in [4.78, 5) is 29.9. The largest absolute Gasteiger partial charge is 0.466 e. The average molecular weight is 342 g/mol. The van der Waals surface area contributed by atoms with Crippen molar-refractivity contribution in [3.63, 3.8) is 0 Å². The first-order valence-electron chi connectivity index (χ1n) is 8.30. The Morgan fingerprint density at radius 2 is 2.20 bits per heavy atom. The number of esters is 1. The van der Waals surface area contributed by atoms with Crippen molar-refractivity contribution in [2.45, 2.75) is 26.7 Å². The standard InChI is InChI=1S/C18H22N4O3/c1-3-25-18(24)14-5-8-22(9-6-14)17(23)15(11-19)12-21-16-10-13(2)4-7-20-16/h4,7,10,12,14H,3,5-6,8-9H2,1-2H3,(H,20,21)/b15-12-. The second-order valence-corrected chi connectivity index (χ2v) is 5.85. The third-order valence-corrected chi connectivity index (χ3v) is 4.03. The number of piperidine rings is 1. The highest BCUT2D eigenvalue weighted by Crippen LogP contribution is 2.20. The van der Waals surface area contributed by atoms with Gasteiger partial charge in [-0.15, -0.1) is 0 Å². The molecule has 7 nitrogen and oxygen atoms in total. The molecule has 1 aromatic rings. The summed E-state index contributed by atoms with van der Waals surface area (Å²) in [5.41, 5.74) is 1.04. The van der Waals surface area contributed by atoms with Crippen LogP contribution in [0.5, 0.6) is 0 Å². The third-order valence-electron chi connectivity index (χ3n) is 4.03. The van der Waals surface area contributed by atoms with Gasteiger partial charge in [-0.05, 0) is 44.4 Å². The van der Waals surface area contributed by atoms with Crippen LogP contribution in [0.4, 0.5) is 5.82 Å². The third kappa shape index (κ3) is 5.05. The van der Waals surface area contributed by atoms with E-state index in [1.165, 1.54) is 6.20 Å². The molecule has 1 amide bonds. The summed E-state index contributed by atoms with van der Waals surface area (Å²) >= 11 is 0. The predicted octanol–water partition coefficient (Wildman–Crippen LogP) is 2.01. The number of likely N-dealkylation sites (tertiary alicyclic amines) is 1. The minimum atomic E-state index is -0.343. The average Bonchev–Trinajstić information content (AvgIpc) is 2.62. The maximum Gasteiger partial charge on any atom is 0.309 e. The molecule has 0 spiro atoms. The molecule has 0 unspecified atom stereocenters. The van der Waals surface area contributed by atoms with Crippen LogP contribution in [0.15, 0.2) is 30.1 Å². The molecular weight excluding hydrogens is 320 g/mol. The van der Waals surface area contributed by atoms with Crippen LogP contribution in [0.3, 0.4) is 0 Å². The van der Waals surface area contributed by atoms with Crippen LogP contribution in [0.25, 0.3) is 0 Å². The van der Waals surface area contributed by atoms with Gasteiger partial charge in [0.15, 0.2) is 0 Å². The number of aryl methyl sites for hydroxylation is 1. The van der Waals surface area contributed by atoms with Crippen molar-refractivity contribution in [3.8, 4) is 6.07 Å². The first-order chi connectivity index (χ1) is 12.0. The number of carbonyl (C=O) groups excluding carboxylic acids is 2. The quantitative estimate of drug-likeness (QED) is 0.500. The molecule has 0 atom stereocenters. The van der Waals surface area contributed by atoms with Crippen LogP contribution in [0.1, 0.15) is 25.3 Å². The maximum absolute atomic E-state index is 12.5. The van der Waals surface area contributed by atoms with Crippen LogP contribution in [-0.4, -0.2) is 41.5 Å². The van der Waals surface area contributed by atoms with Crippen molar-refractivity contribution in [1.82, 2.24) is 9.88 Å². The van der Waals surface area contributed by atoms with Gasteiger partial charge in [0.05, 0.1) is 12.5 Å². The molecule has 1 saturated heterocycles. The topological polar surface area (TPSA) is 95.3 Å². The highest BCUT2D eigenvalue weighted by Gasteiger charge is 2.29. The SMILES string of the molecule is CCOC(=O)C1CCN(C(=O)/C(C#N)=C\Nc2cc(C)ccn2)CC1. The Balaban J connectivity index is 1.95. The maximum atomic E-state index is 12.5. The van der Waals surface area contributed by atoms with E-state index in [2.05, 4.69) is 10.3 Å². The van der Waals surface area contributed by atoms with Crippen LogP contribution in [-0.2, 0) is 14.3 Å². The van der Waals surface area contributed by atoms with Gasteiger partial charge in [0.1, 0.15) is 17.5 Å². The molecule has 0 radical (unpaired) electrons. The number of nitrogens with one attached hydrogen (secondary N) is 1. The minimum Gasteiger partial charge on any atom is -0.466 e. The number of carbonyl (C=O) groups is 2. The van der Waals surface area contributed by atoms with E-state index in [4.69, 9.17) is 4.74 Å². The number of pyridine rings is 1. The zero-order chi connectivity index (χ0) is 18.2. The number of nitriles is 1. The molecule has 1 fully saturated rings. The van der Waals surface area contributed by atoms with Gasteiger partial charge in [-0.25, -0.2) is 4.98 Å². The molecule has 0 bridgehead atoms. The lowest BCUT2D eigenvalue weighted by Crippen LogP contribution is -2.41. The zero-order valence-electron chi connectivity index (χ0n) is 14.5. The Bertz CT molecular complexity index is 701. The Labute approximate surface area is 147 Å². The van der Waals surface area contributed by atoms with Gasteiger partial charge in [-0.2, -0.15) is 5.26 Å². The summed E-state index contributed by atoms with van der Waals surface area (Å²) in [6.07, 6.45) is 4.13. The number of rotatable bonds is 5. The molecule has 1 aliphatic rings. The molecule has 0 aliphatic carbocycles. The smallest absolute Gasteiger partial charge is 0.309 e. The highest BCUT2D eigenvalue weighted by atomic mass is 16.5. The van der Waals surface area contributed by atoms with Crippen LogP contribution in [0, 0.1) is 24.2 Å². The Morgan fingerprint density at radius 3 is 2.80 bits per heavy atom. The van der Waals surface area contributed by atoms with Gasteiger partial charge < -0.3 is 15.0 Å². The molecule has 1 N–H and O–H groups in total. The summed E-state index contributed by atoms with van der Waals surface area (Å²) in [5.74, 6) is -0.155. The van der Waals surface area contributed by atoms with Crippen molar-refractivity contribution in [2.24, 2.45) is 5.92 Å². The molecule has 1 aliphatic heterocycles. The lowest BCUT2D eigenvalue weighted by atomic mass is 9.96. The molecule has 2 rings (SSSR count). The van der Waals surface area contributed by atoms with E-state index in [1.807, 2.05) is 25.1 Å². The van der Waals surface area contributed by atoms with E-state index in [-0.39, 0.29) is 23.4 Å². The second kappa shape index (κ2) is 8.83. The molecule has 0 aromatic carbocycles. The monoisotopic (exact) mass is 342 g/mol. The fourth-order valence-electron chi connectivity index (χ4n) is 2.65. The molecule has 2 heterocycles. The van der Waals surface area contributed by atoms with Crippen LogP contribution in [0.2, 0.25) is 0 Å². The van der Waals surface area contributed by atoms with Crippen molar-refractivity contribution in [1.29, 1.82) is 5.26 Å². The fourth-order valence-corrected chi connectivity index (χ4v) is 2.65. The number of amides is 1. The van der Waals surface area contributed by atoms with Gasteiger partial charge in [-0.1, -0.05) is 0 Å². The minimum absolute atomic E-state index is 0.0119. The number of anilines is 1. The van der Waals surface area contributed by atoms with Crippen LogP contribution < -0.4 is 5.32 Å². The first-order valence-corrected chi connectivity index (χ1v) is 8.30. The summed E-state index contributed by atoms with van der Waals surface area (Å²) in [5, 5.41) is 12.2. The van der Waals surface area contributed by atoms with Gasteiger partial charge in [0.25, 0.3) is 5.91 Å². The normalized spacial score (nSPS) is 15.4. The lowest BCUT2D eigenvalue weighted by molar-refractivity contribution is -0.150. The zero-order valence-corrected chi connectivity index (χ0v) is 14.5. The molecule has 132 valence electrons. The van der Waals surface area contributed by atoms with Crippen molar-refractivity contribution < 1.29 is 14.3 Å². The molecule has 0 saturated carbocycles.